The molecule has 0 radical (unpaired) electrons. The van der Waals surface area contributed by atoms with E-state index >= 15 is 0 Å². The van der Waals surface area contributed by atoms with E-state index in [1.165, 1.54) is 7.11 Å². The summed E-state index contributed by atoms with van der Waals surface area (Å²) in [5, 5.41) is 0. The molecule has 2 aliphatic heterocycles. The van der Waals surface area contributed by atoms with Crippen molar-refractivity contribution >= 4 is 21.5 Å². The van der Waals surface area contributed by atoms with Crippen molar-refractivity contribution in [1.29, 1.82) is 0 Å². The zero-order valence-electron chi connectivity index (χ0n) is 17.5. The minimum Gasteiger partial charge on any atom is -0.481 e. The van der Waals surface area contributed by atoms with Gasteiger partial charge in [-0.05, 0) is 32.8 Å². The van der Waals surface area contributed by atoms with Crippen LogP contribution in [0, 0.1) is 0 Å². The third-order valence-corrected chi connectivity index (χ3v) is 8.57. The first-order valence-corrected chi connectivity index (χ1v) is 11.7. The monoisotopic (exact) mass is 433 g/mol. The van der Waals surface area contributed by atoms with E-state index in [1.807, 2.05) is 6.07 Å². The molecule has 0 saturated carbocycles. The Hall–Kier alpha value is -2.46. The third-order valence-electron chi connectivity index (χ3n) is 5.96. The number of nitrogen functional groups attached to an aromatic ring is 1. The Labute approximate surface area is 176 Å². The van der Waals surface area contributed by atoms with E-state index in [1.54, 1.807) is 19.1 Å². The minimum atomic E-state index is -3.32. The van der Waals surface area contributed by atoms with Crippen LogP contribution in [0.15, 0.2) is 18.2 Å². The quantitative estimate of drug-likeness (QED) is 0.769. The molecule has 2 fully saturated rings. The maximum atomic E-state index is 12.9. The summed E-state index contributed by atoms with van der Waals surface area (Å²) < 4.78 is 35.5. The van der Waals surface area contributed by atoms with Crippen molar-refractivity contribution in [2.24, 2.45) is 0 Å². The van der Waals surface area contributed by atoms with Crippen molar-refractivity contribution < 1.29 is 17.9 Å². The number of morpholine rings is 1. The Morgan fingerprint density at radius 2 is 2.07 bits per heavy atom. The van der Waals surface area contributed by atoms with Crippen molar-refractivity contribution in [1.82, 2.24) is 15.0 Å². The van der Waals surface area contributed by atoms with Crippen molar-refractivity contribution in [3.05, 3.63) is 23.9 Å². The molecule has 2 saturated heterocycles. The summed E-state index contributed by atoms with van der Waals surface area (Å²) in [6, 6.07) is 5.29. The highest BCUT2D eigenvalue weighted by atomic mass is 32.2. The van der Waals surface area contributed by atoms with Gasteiger partial charge in [0, 0.05) is 24.2 Å². The van der Waals surface area contributed by atoms with E-state index in [0.717, 1.165) is 0 Å². The number of ether oxygens (including phenoxy) is 2. The molecule has 10 heteroatoms. The van der Waals surface area contributed by atoms with Crippen LogP contribution in [0.3, 0.4) is 0 Å². The average Bonchev–Trinajstić information content (AvgIpc) is 3.01. The van der Waals surface area contributed by atoms with E-state index < -0.39 is 14.6 Å². The van der Waals surface area contributed by atoms with Crippen LogP contribution in [0.2, 0.25) is 0 Å². The van der Waals surface area contributed by atoms with Crippen LogP contribution in [0.4, 0.5) is 11.6 Å². The molecule has 0 aliphatic carbocycles. The van der Waals surface area contributed by atoms with Crippen LogP contribution >= 0.6 is 0 Å². The number of pyridine rings is 1. The van der Waals surface area contributed by atoms with Crippen molar-refractivity contribution in [3.63, 3.8) is 0 Å². The molecule has 2 aliphatic rings. The van der Waals surface area contributed by atoms with Crippen LogP contribution in [0.25, 0.3) is 11.4 Å². The molecule has 4 rings (SSSR count). The van der Waals surface area contributed by atoms with Gasteiger partial charge in [0.2, 0.25) is 5.88 Å². The highest BCUT2D eigenvalue weighted by Crippen LogP contribution is 2.42. The summed E-state index contributed by atoms with van der Waals surface area (Å²) in [4.78, 5) is 15.7. The lowest BCUT2D eigenvalue weighted by Gasteiger charge is -2.35. The maximum Gasteiger partial charge on any atom is 0.215 e. The average molecular weight is 434 g/mol. The summed E-state index contributed by atoms with van der Waals surface area (Å²) in [5.41, 5.74) is 7.07. The fourth-order valence-electron chi connectivity index (χ4n) is 4.08. The van der Waals surface area contributed by atoms with E-state index in [0.29, 0.717) is 61.4 Å². The number of aromatic nitrogens is 3. The van der Waals surface area contributed by atoms with Crippen LogP contribution in [0.1, 0.15) is 32.4 Å². The summed E-state index contributed by atoms with van der Waals surface area (Å²) in [6.07, 6.45) is 1.16. The molecule has 2 N–H and O–H groups in total. The first-order valence-electron chi connectivity index (χ1n) is 10.0. The zero-order valence-corrected chi connectivity index (χ0v) is 18.3. The maximum absolute atomic E-state index is 12.9. The molecule has 0 bridgehead atoms. The standard InChI is InChI=1S/C20H27N5O4S/c1-13-12-29-7-6-25(13)17-11-15(20(2)5-4-8-30(20,26)27)22-19(24-17)14-9-16(21)23-18(10-14)28-3/h9-11,13H,4-8,12H2,1-3H3,(H2,21,23). The van der Waals surface area contributed by atoms with Crippen molar-refractivity contribution in [3.8, 4) is 17.3 Å². The molecule has 2 unspecified atom stereocenters. The molecule has 30 heavy (non-hydrogen) atoms. The Bertz CT molecular complexity index is 1060. The van der Waals surface area contributed by atoms with Gasteiger partial charge in [-0.3, -0.25) is 0 Å². The first kappa shape index (κ1) is 20.8. The van der Waals surface area contributed by atoms with Gasteiger partial charge >= 0.3 is 0 Å². The van der Waals surface area contributed by atoms with Crippen LogP contribution < -0.4 is 15.4 Å². The second-order valence-corrected chi connectivity index (χ2v) is 10.6. The number of nitrogens with zero attached hydrogens (tertiary/aromatic N) is 4. The number of hydrogen-bond donors (Lipinski definition) is 1. The van der Waals surface area contributed by atoms with Gasteiger partial charge < -0.3 is 20.1 Å². The Morgan fingerprint density at radius 1 is 1.27 bits per heavy atom. The predicted octanol–water partition coefficient (Wildman–Crippen LogP) is 1.78. The molecule has 0 spiro atoms. The predicted molar refractivity (Wildman–Crippen MR) is 114 cm³/mol. The van der Waals surface area contributed by atoms with Crippen molar-refractivity contribution in [2.45, 2.75) is 37.5 Å². The first-order chi connectivity index (χ1) is 14.2. The zero-order chi connectivity index (χ0) is 21.5. The van der Waals surface area contributed by atoms with Gasteiger partial charge in [0.15, 0.2) is 15.7 Å². The van der Waals surface area contributed by atoms with E-state index in [2.05, 4.69) is 16.8 Å². The highest BCUT2D eigenvalue weighted by Gasteiger charge is 2.46. The van der Waals surface area contributed by atoms with E-state index in [-0.39, 0.29) is 17.6 Å². The molecular formula is C20H27N5O4S. The lowest BCUT2D eigenvalue weighted by Crippen LogP contribution is -2.44. The molecule has 0 aromatic carbocycles. The van der Waals surface area contributed by atoms with Crippen molar-refractivity contribution in [2.75, 3.05) is 43.3 Å². The summed E-state index contributed by atoms with van der Waals surface area (Å²) >= 11 is 0. The minimum absolute atomic E-state index is 0.111. The largest absolute Gasteiger partial charge is 0.481 e. The fourth-order valence-corrected chi connectivity index (χ4v) is 5.93. The van der Waals surface area contributed by atoms with E-state index in [9.17, 15) is 8.42 Å². The lowest BCUT2D eigenvalue weighted by atomic mass is 10.0. The summed E-state index contributed by atoms with van der Waals surface area (Å²) in [7, 11) is -1.81. The number of hydrogen-bond acceptors (Lipinski definition) is 9. The number of methoxy groups -OCH3 is 1. The van der Waals surface area contributed by atoms with Crippen LogP contribution in [0.5, 0.6) is 5.88 Å². The number of anilines is 2. The smallest absolute Gasteiger partial charge is 0.215 e. The normalized spacial score (nSPS) is 26.0. The second kappa shape index (κ2) is 7.66. The third kappa shape index (κ3) is 3.58. The summed E-state index contributed by atoms with van der Waals surface area (Å²) in [5.74, 6) is 1.88. The Kier molecular flexibility index (Phi) is 5.31. The summed E-state index contributed by atoms with van der Waals surface area (Å²) in [6.45, 7) is 5.66. The molecule has 4 heterocycles. The molecule has 0 amide bonds. The van der Waals surface area contributed by atoms with Gasteiger partial charge in [0.05, 0.1) is 37.8 Å². The van der Waals surface area contributed by atoms with Gasteiger partial charge in [-0.15, -0.1) is 0 Å². The van der Waals surface area contributed by atoms with E-state index in [4.69, 9.17) is 25.2 Å². The van der Waals surface area contributed by atoms with Crippen LogP contribution in [-0.2, 0) is 19.3 Å². The van der Waals surface area contributed by atoms with Gasteiger partial charge in [-0.2, -0.15) is 4.98 Å². The van der Waals surface area contributed by atoms with Gasteiger partial charge in [-0.1, -0.05) is 0 Å². The molecule has 2 aromatic heterocycles. The molecule has 2 aromatic rings. The molecule has 2 atom stereocenters. The fraction of sp³-hybridized carbons (Fsp3) is 0.550. The number of nitrogens with two attached hydrogens (primary N) is 1. The molecule has 9 nitrogen and oxygen atoms in total. The second-order valence-electron chi connectivity index (χ2n) is 8.03. The van der Waals surface area contributed by atoms with Crippen LogP contribution in [-0.4, -0.2) is 62.0 Å². The topological polar surface area (TPSA) is 121 Å². The lowest BCUT2D eigenvalue weighted by molar-refractivity contribution is 0.0985. The van der Waals surface area contributed by atoms with Gasteiger partial charge in [0.25, 0.3) is 0 Å². The van der Waals surface area contributed by atoms with Gasteiger partial charge in [0.1, 0.15) is 16.4 Å². The number of sulfone groups is 1. The van der Waals surface area contributed by atoms with Gasteiger partial charge in [-0.25, -0.2) is 18.4 Å². The molecular weight excluding hydrogens is 406 g/mol. The Morgan fingerprint density at radius 3 is 2.73 bits per heavy atom. The molecule has 162 valence electrons. The Balaban J connectivity index is 1.90. The SMILES string of the molecule is COc1cc(-c2nc(N3CCOCC3C)cc(C3(C)CCCS3(=O)=O)n2)cc(N)n1. The number of rotatable bonds is 4. The highest BCUT2D eigenvalue weighted by molar-refractivity contribution is 7.92.